The molecular weight excluding hydrogens is 186 g/mol. The van der Waals surface area contributed by atoms with Crippen LogP contribution < -0.4 is 5.32 Å². The molecule has 0 fully saturated rings. The van der Waals surface area contributed by atoms with E-state index in [0.29, 0.717) is 5.92 Å². The van der Waals surface area contributed by atoms with Crippen LogP contribution in [-0.4, -0.2) is 16.8 Å². The van der Waals surface area contributed by atoms with Crippen LogP contribution in [0.1, 0.15) is 19.5 Å². The Balaban J connectivity index is 2.99. The normalized spacial score (nSPS) is 10.9. The summed E-state index contributed by atoms with van der Waals surface area (Å²) in [5, 5.41) is 8.13. The maximum absolute atomic E-state index is 6.05. The summed E-state index contributed by atoms with van der Waals surface area (Å²) in [5.41, 5.74) is 0.881. The number of hydrogen-bond acceptors (Lipinski definition) is 2. The summed E-state index contributed by atoms with van der Waals surface area (Å²) in [6.45, 7) is 7.12. The van der Waals surface area contributed by atoms with Crippen molar-refractivity contribution < 1.29 is 0 Å². The summed E-state index contributed by atoms with van der Waals surface area (Å²) >= 11 is 6.05. The van der Waals surface area contributed by atoms with E-state index in [0.717, 1.165) is 23.1 Å². The van der Waals surface area contributed by atoms with Crippen LogP contribution in [-0.2, 0) is 6.54 Å². The molecule has 0 spiro atoms. The van der Waals surface area contributed by atoms with Crippen LogP contribution in [0.25, 0.3) is 0 Å². The zero-order valence-corrected chi connectivity index (χ0v) is 9.31. The molecule has 0 unspecified atom stereocenters. The summed E-state index contributed by atoms with van der Waals surface area (Å²) in [6.07, 6.45) is 0. The summed E-state index contributed by atoms with van der Waals surface area (Å²) in [7, 11) is 1.86. The second kappa shape index (κ2) is 4.01. The van der Waals surface area contributed by atoms with Gasteiger partial charge in [0.15, 0.2) is 0 Å². The fourth-order valence-corrected chi connectivity index (χ4v) is 1.51. The van der Waals surface area contributed by atoms with E-state index >= 15 is 0 Å². The van der Waals surface area contributed by atoms with Gasteiger partial charge in [-0.05, 0) is 12.8 Å². The van der Waals surface area contributed by atoms with Gasteiger partial charge >= 0.3 is 0 Å². The minimum atomic E-state index is 0.572. The van der Waals surface area contributed by atoms with Crippen molar-refractivity contribution in [1.82, 2.24) is 9.78 Å². The quantitative estimate of drug-likeness (QED) is 0.815. The molecule has 0 atom stereocenters. The second-order valence-electron chi connectivity index (χ2n) is 3.57. The first-order valence-electron chi connectivity index (χ1n) is 4.47. The van der Waals surface area contributed by atoms with Gasteiger partial charge in [0.2, 0.25) is 0 Å². The first-order valence-corrected chi connectivity index (χ1v) is 4.84. The van der Waals surface area contributed by atoms with Crippen molar-refractivity contribution in [2.75, 3.05) is 12.4 Å². The van der Waals surface area contributed by atoms with E-state index in [1.807, 2.05) is 18.7 Å². The number of halogens is 1. The highest BCUT2D eigenvalue weighted by Crippen LogP contribution is 2.25. The maximum Gasteiger partial charge on any atom is 0.143 e. The van der Waals surface area contributed by atoms with Crippen molar-refractivity contribution in [2.24, 2.45) is 5.92 Å². The number of nitrogens with one attached hydrogen (secondary N) is 1. The van der Waals surface area contributed by atoms with E-state index < -0.39 is 0 Å². The molecule has 0 saturated heterocycles. The molecule has 0 saturated carbocycles. The third-order valence-corrected chi connectivity index (χ3v) is 2.28. The van der Waals surface area contributed by atoms with E-state index in [9.17, 15) is 0 Å². The van der Waals surface area contributed by atoms with Crippen LogP contribution in [0.5, 0.6) is 0 Å². The van der Waals surface area contributed by atoms with Gasteiger partial charge < -0.3 is 5.32 Å². The van der Waals surface area contributed by atoms with Gasteiger partial charge in [0.1, 0.15) is 10.8 Å². The zero-order valence-electron chi connectivity index (χ0n) is 8.56. The van der Waals surface area contributed by atoms with Gasteiger partial charge in [0.25, 0.3) is 0 Å². The van der Waals surface area contributed by atoms with Crippen molar-refractivity contribution in [1.29, 1.82) is 0 Å². The Bertz CT molecular complexity index is 291. The molecule has 1 N–H and O–H groups in total. The molecular formula is C9H16ClN3. The Morgan fingerprint density at radius 3 is 2.62 bits per heavy atom. The maximum atomic E-state index is 6.05. The van der Waals surface area contributed by atoms with E-state index in [1.54, 1.807) is 0 Å². The largest absolute Gasteiger partial charge is 0.372 e. The van der Waals surface area contributed by atoms with Gasteiger partial charge in [0.05, 0.1) is 5.69 Å². The zero-order chi connectivity index (χ0) is 10.0. The van der Waals surface area contributed by atoms with Crippen molar-refractivity contribution in [2.45, 2.75) is 27.3 Å². The van der Waals surface area contributed by atoms with Crippen LogP contribution in [0.15, 0.2) is 0 Å². The standard InChI is InChI=1S/C9H16ClN3/c1-6(2)5-13-9(11-4)8(10)7(3)12-13/h6,11H,5H2,1-4H3. The average Bonchev–Trinajstić information content (AvgIpc) is 2.27. The van der Waals surface area contributed by atoms with E-state index in [4.69, 9.17) is 11.6 Å². The molecule has 0 aliphatic carbocycles. The predicted octanol–water partition coefficient (Wildman–Crippen LogP) is 2.54. The molecule has 13 heavy (non-hydrogen) atoms. The van der Waals surface area contributed by atoms with Gasteiger partial charge in [-0.15, -0.1) is 0 Å². The predicted molar refractivity (Wildman–Crippen MR) is 56.4 cm³/mol. The van der Waals surface area contributed by atoms with E-state index in [-0.39, 0.29) is 0 Å². The molecule has 0 aromatic carbocycles. The molecule has 0 bridgehead atoms. The molecule has 0 aliphatic rings. The molecule has 1 aromatic heterocycles. The topological polar surface area (TPSA) is 29.9 Å². The third kappa shape index (κ3) is 2.15. The van der Waals surface area contributed by atoms with Crippen molar-refractivity contribution in [3.63, 3.8) is 0 Å². The van der Waals surface area contributed by atoms with Gasteiger partial charge in [-0.3, -0.25) is 0 Å². The van der Waals surface area contributed by atoms with E-state index in [1.165, 1.54) is 0 Å². The lowest BCUT2D eigenvalue weighted by Crippen LogP contribution is -2.09. The second-order valence-corrected chi connectivity index (χ2v) is 3.95. The first kappa shape index (κ1) is 10.4. The monoisotopic (exact) mass is 201 g/mol. The molecule has 0 amide bonds. The molecule has 0 aliphatic heterocycles. The first-order chi connectivity index (χ1) is 6.06. The highest BCUT2D eigenvalue weighted by atomic mass is 35.5. The summed E-state index contributed by atoms with van der Waals surface area (Å²) in [4.78, 5) is 0. The lowest BCUT2D eigenvalue weighted by Gasteiger charge is -2.08. The molecule has 1 aromatic rings. The summed E-state index contributed by atoms with van der Waals surface area (Å²) in [6, 6.07) is 0. The highest BCUT2D eigenvalue weighted by Gasteiger charge is 2.12. The molecule has 74 valence electrons. The molecule has 4 heteroatoms. The fourth-order valence-electron chi connectivity index (χ4n) is 1.28. The van der Waals surface area contributed by atoms with Crippen molar-refractivity contribution in [3.8, 4) is 0 Å². The Labute approximate surface area is 84.1 Å². The Morgan fingerprint density at radius 1 is 1.54 bits per heavy atom. The van der Waals surface area contributed by atoms with Gasteiger partial charge in [-0.1, -0.05) is 25.4 Å². The Hall–Kier alpha value is -0.700. The van der Waals surface area contributed by atoms with Gasteiger partial charge in [-0.25, -0.2) is 4.68 Å². The number of hydrogen-bond donors (Lipinski definition) is 1. The molecule has 3 nitrogen and oxygen atoms in total. The number of anilines is 1. The number of aryl methyl sites for hydroxylation is 1. The summed E-state index contributed by atoms with van der Waals surface area (Å²) in [5.74, 6) is 1.48. The number of nitrogens with zero attached hydrogens (tertiary/aromatic N) is 2. The fraction of sp³-hybridized carbons (Fsp3) is 0.667. The SMILES string of the molecule is CNc1c(Cl)c(C)nn1CC(C)C. The van der Waals surface area contributed by atoms with Crippen LogP contribution in [0.2, 0.25) is 5.02 Å². The Kier molecular flexibility index (Phi) is 3.20. The van der Waals surface area contributed by atoms with Gasteiger partial charge in [0, 0.05) is 13.6 Å². The number of aromatic nitrogens is 2. The molecule has 0 radical (unpaired) electrons. The van der Waals surface area contributed by atoms with Crippen LogP contribution in [0, 0.1) is 12.8 Å². The average molecular weight is 202 g/mol. The Morgan fingerprint density at radius 2 is 2.15 bits per heavy atom. The lowest BCUT2D eigenvalue weighted by molar-refractivity contribution is 0.485. The smallest absolute Gasteiger partial charge is 0.143 e. The van der Waals surface area contributed by atoms with Crippen molar-refractivity contribution in [3.05, 3.63) is 10.7 Å². The third-order valence-electron chi connectivity index (χ3n) is 1.83. The van der Waals surface area contributed by atoms with Crippen molar-refractivity contribution >= 4 is 17.4 Å². The number of rotatable bonds is 3. The van der Waals surface area contributed by atoms with Crippen LogP contribution >= 0.6 is 11.6 Å². The highest BCUT2D eigenvalue weighted by molar-refractivity contribution is 6.33. The van der Waals surface area contributed by atoms with Crippen LogP contribution in [0.3, 0.4) is 0 Å². The van der Waals surface area contributed by atoms with Gasteiger partial charge in [-0.2, -0.15) is 5.10 Å². The lowest BCUT2D eigenvalue weighted by atomic mass is 10.2. The van der Waals surface area contributed by atoms with E-state index in [2.05, 4.69) is 24.3 Å². The molecule has 1 rings (SSSR count). The minimum Gasteiger partial charge on any atom is -0.372 e. The summed E-state index contributed by atoms with van der Waals surface area (Å²) < 4.78 is 1.92. The molecule has 1 heterocycles. The van der Waals surface area contributed by atoms with Crippen LogP contribution in [0.4, 0.5) is 5.82 Å². The minimum absolute atomic E-state index is 0.572.